The molecule has 92 valence electrons. The summed E-state index contributed by atoms with van der Waals surface area (Å²) in [5, 5.41) is 19.4. The first kappa shape index (κ1) is 11.8. The molecule has 1 heterocycles. The number of nitro groups is 1. The second-order valence-corrected chi connectivity index (χ2v) is 3.62. The summed E-state index contributed by atoms with van der Waals surface area (Å²) in [5.41, 5.74) is 0.188. The minimum absolute atomic E-state index is 0.120. The first-order valence-corrected chi connectivity index (χ1v) is 4.99. The molecule has 0 spiro atoms. The molecule has 7 heteroatoms. The first-order chi connectivity index (χ1) is 8.50. The van der Waals surface area contributed by atoms with Crippen LogP contribution in [0.1, 0.15) is 0 Å². The van der Waals surface area contributed by atoms with E-state index in [1.54, 1.807) is 0 Å². The number of carbonyl (C=O) groups is 2. The van der Waals surface area contributed by atoms with Crippen LogP contribution in [0, 0.1) is 10.1 Å². The van der Waals surface area contributed by atoms with Gasteiger partial charge in [0.1, 0.15) is 0 Å². The lowest BCUT2D eigenvalue weighted by Crippen LogP contribution is -2.39. The van der Waals surface area contributed by atoms with Crippen LogP contribution in [0.15, 0.2) is 36.4 Å². The van der Waals surface area contributed by atoms with Crippen LogP contribution in [0.5, 0.6) is 0 Å². The first-order valence-electron chi connectivity index (χ1n) is 4.99. The SMILES string of the molecule is O=C(O)C1C=CC(=O)N1c1ccc([N+](=O)[O-])cc1. The van der Waals surface area contributed by atoms with Gasteiger partial charge in [0.15, 0.2) is 6.04 Å². The molecule has 0 aliphatic carbocycles. The molecule has 0 aromatic heterocycles. The zero-order chi connectivity index (χ0) is 13.3. The van der Waals surface area contributed by atoms with Crippen molar-refractivity contribution in [3.8, 4) is 0 Å². The van der Waals surface area contributed by atoms with Crippen molar-refractivity contribution in [1.82, 2.24) is 0 Å². The highest BCUT2D eigenvalue weighted by Crippen LogP contribution is 2.24. The van der Waals surface area contributed by atoms with Crippen molar-refractivity contribution in [2.24, 2.45) is 0 Å². The second kappa shape index (κ2) is 4.28. The molecule has 0 fully saturated rings. The number of benzene rings is 1. The smallest absolute Gasteiger partial charge is 0.330 e. The quantitative estimate of drug-likeness (QED) is 0.633. The van der Waals surface area contributed by atoms with E-state index in [1.165, 1.54) is 36.4 Å². The maximum absolute atomic E-state index is 11.6. The third kappa shape index (κ3) is 1.93. The van der Waals surface area contributed by atoms with E-state index in [-0.39, 0.29) is 5.69 Å². The maximum Gasteiger partial charge on any atom is 0.330 e. The number of carboxylic acids is 1. The van der Waals surface area contributed by atoms with E-state index in [1.807, 2.05) is 0 Å². The number of aliphatic carboxylic acids is 1. The standard InChI is InChI=1S/C11H8N2O5/c14-10-6-5-9(11(15)16)12(10)7-1-3-8(4-2-7)13(17)18/h1-6,9H,(H,15,16). The number of carbonyl (C=O) groups excluding carboxylic acids is 1. The molecule has 0 radical (unpaired) electrons. The van der Waals surface area contributed by atoms with Gasteiger partial charge >= 0.3 is 5.97 Å². The molecule has 1 aliphatic heterocycles. The Hall–Kier alpha value is -2.70. The highest BCUT2D eigenvalue weighted by Gasteiger charge is 2.32. The Morgan fingerprint density at radius 3 is 2.44 bits per heavy atom. The molecule has 1 amide bonds. The average molecular weight is 248 g/mol. The molecule has 0 saturated carbocycles. The number of anilines is 1. The minimum Gasteiger partial charge on any atom is -0.479 e. The Kier molecular flexibility index (Phi) is 2.80. The van der Waals surface area contributed by atoms with Gasteiger partial charge in [-0.1, -0.05) is 0 Å². The van der Waals surface area contributed by atoms with Crippen molar-refractivity contribution < 1.29 is 19.6 Å². The van der Waals surface area contributed by atoms with Crippen LogP contribution in [0.4, 0.5) is 11.4 Å². The molecular weight excluding hydrogens is 240 g/mol. The van der Waals surface area contributed by atoms with Gasteiger partial charge < -0.3 is 5.11 Å². The Morgan fingerprint density at radius 1 is 1.33 bits per heavy atom. The van der Waals surface area contributed by atoms with E-state index < -0.39 is 22.8 Å². The Bertz CT molecular complexity index is 549. The van der Waals surface area contributed by atoms with Crippen LogP contribution in [-0.4, -0.2) is 27.9 Å². The summed E-state index contributed by atoms with van der Waals surface area (Å²) in [4.78, 5) is 33.5. The molecule has 1 atom stereocenters. The molecule has 1 aromatic rings. The van der Waals surface area contributed by atoms with E-state index in [0.29, 0.717) is 5.69 Å². The lowest BCUT2D eigenvalue weighted by atomic mass is 10.2. The summed E-state index contributed by atoms with van der Waals surface area (Å²) in [6.07, 6.45) is 2.44. The molecule has 1 aromatic carbocycles. The van der Waals surface area contributed by atoms with E-state index in [2.05, 4.69) is 0 Å². The lowest BCUT2D eigenvalue weighted by Gasteiger charge is -2.21. The summed E-state index contributed by atoms with van der Waals surface area (Å²) >= 11 is 0. The van der Waals surface area contributed by atoms with Gasteiger partial charge in [0.25, 0.3) is 11.6 Å². The Labute approximate surface area is 101 Å². The summed E-state index contributed by atoms with van der Waals surface area (Å²) < 4.78 is 0. The van der Waals surface area contributed by atoms with Gasteiger partial charge in [-0.05, 0) is 18.2 Å². The number of nitrogens with zero attached hydrogens (tertiary/aromatic N) is 2. The average Bonchev–Trinajstić information content (AvgIpc) is 2.71. The van der Waals surface area contributed by atoms with Gasteiger partial charge in [-0.3, -0.25) is 19.8 Å². The normalized spacial score (nSPS) is 18.1. The topological polar surface area (TPSA) is 101 Å². The van der Waals surface area contributed by atoms with Gasteiger partial charge in [0, 0.05) is 23.9 Å². The number of hydrogen-bond donors (Lipinski definition) is 1. The van der Waals surface area contributed by atoms with Crippen LogP contribution in [0.25, 0.3) is 0 Å². The number of rotatable bonds is 3. The highest BCUT2D eigenvalue weighted by molar-refractivity contribution is 6.09. The van der Waals surface area contributed by atoms with Crippen LogP contribution in [0.3, 0.4) is 0 Å². The fraction of sp³-hybridized carbons (Fsp3) is 0.0909. The Balaban J connectivity index is 2.33. The van der Waals surface area contributed by atoms with E-state index in [9.17, 15) is 19.7 Å². The fourth-order valence-electron chi connectivity index (χ4n) is 1.69. The van der Waals surface area contributed by atoms with Crippen LogP contribution in [-0.2, 0) is 9.59 Å². The van der Waals surface area contributed by atoms with Crippen molar-refractivity contribution in [2.75, 3.05) is 4.90 Å². The molecular formula is C11H8N2O5. The third-order valence-electron chi connectivity index (χ3n) is 2.53. The molecule has 0 saturated heterocycles. The molecule has 0 bridgehead atoms. The predicted octanol–water partition coefficient (Wildman–Crippen LogP) is 0.951. The number of non-ortho nitro benzene ring substituents is 1. The second-order valence-electron chi connectivity index (χ2n) is 3.62. The fourth-order valence-corrected chi connectivity index (χ4v) is 1.69. The van der Waals surface area contributed by atoms with Crippen LogP contribution >= 0.6 is 0 Å². The van der Waals surface area contributed by atoms with Gasteiger partial charge in [-0.2, -0.15) is 0 Å². The lowest BCUT2D eigenvalue weighted by molar-refractivity contribution is -0.384. The molecule has 1 aliphatic rings. The van der Waals surface area contributed by atoms with Gasteiger partial charge in [0.2, 0.25) is 0 Å². The predicted molar refractivity (Wildman–Crippen MR) is 61.1 cm³/mol. The van der Waals surface area contributed by atoms with Gasteiger partial charge in [-0.15, -0.1) is 0 Å². The minimum atomic E-state index is -1.16. The molecule has 1 N–H and O–H groups in total. The van der Waals surface area contributed by atoms with E-state index in [4.69, 9.17) is 5.11 Å². The van der Waals surface area contributed by atoms with Crippen LogP contribution in [0.2, 0.25) is 0 Å². The van der Waals surface area contributed by atoms with Crippen molar-refractivity contribution in [3.05, 3.63) is 46.5 Å². The Morgan fingerprint density at radius 2 is 1.94 bits per heavy atom. The third-order valence-corrected chi connectivity index (χ3v) is 2.53. The number of nitro benzene ring substituents is 1. The zero-order valence-electron chi connectivity index (χ0n) is 9.02. The largest absolute Gasteiger partial charge is 0.479 e. The summed E-state index contributed by atoms with van der Waals surface area (Å²) in [6, 6.07) is 4.07. The monoisotopic (exact) mass is 248 g/mol. The molecule has 2 rings (SSSR count). The number of amides is 1. The summed E-state index contributed by atoms with van der Waals surface area (Å²) in [7, 11) is 0. The molecule has 18 heavy (non-hydrogen) atoms. The molecule has 7 nitrogen and oxygen atoms in total. The summed E-state index contributed by atoms with van der Waals surface area (Å²) in [5.74, 6) is -1.62. The highest BCUT2D eigenvalue weighted by atomic mass is 16.6. The number of hydrogen-bond acceptors (Lipinski definition) is 4. The van der Waals surface area contributed by atoms with Crippen molar-refractivity contribution in [3.63, 3.8) is 0 Å². The van der Waals surface area contributed by atoms with Crippen molar-refractivity contribution >= 4 is 23.3 Å². The molecule has 1 unspecified atom stereocenters. The van der Waals surface area contributed by atoms with Gasteiger partial charge in [0.05, 0.1) is 4.92 Å². The van der Waals surface area contributed by atoms with Crippen molar-refractivity contribution in [2.45, 2.75) is 6.04 Å². The maximum atomic E-state index is 11.6. The van der Waals surface area contributed by atoms with Gasteiger partial charge in [-0.25, -0.2) is 4.79 Å². The zero-order valence-corrected chi connectivity index (χ0v) is 9.02. The van der Waals surface area contributed by atoms with Crippen molar-refractivity contribution in [1.29, 1.82) is 0 Å². The van der Waals surface area contributed by atoms with Crippen LogP contribution < -0.4 is 4.90 Å². The summed E-state index contributed by atoms with van der Waals surface area (Å²) in [6.45, 7) is 0. The van der Waals surface area contributed by atoms with E-state index in [0.717, 1.165) is 4.90 Å². The number of carboxylic acid groups (broad SMARTS) is 1. The van der Waals surface area contributed by atoms with E-state index >= 15 is 0 Å².